The van der Waals surface area contributed by atoms with Crippen molar-refractivity contribution in [3.63, 3.8) is 0 Å². The zero-order chi connectivity index (χ0) is 14.6. The average molecular weight is 284 g/mol. The average Bonchev–Trinajstić information content (AvgIpc) is 2.28. The number of ether oxygens (including phenoxy) is 1. The van der Waals surface area contributed by atoms with Crippen LogP contribution in [0.15, 0.2) is 18.2 Å². The van der Waals surface area contributed by atoms with Crippen LogP contribution in [0.25, 0.3) is 0 Å². The van der Waals surface area contributed by atoms with Gasteiger partial charge >= 0.3 is 0 Å². The summed E-state index contributed by atoms with van der Waals surface area (Å²) in [7, 11) is 0. The van der Waals surface area contributed by atoms with Crippen molar-refractivity contribution in [1.82, 2.24) is 0 Å². The molecule has 0 bridgehead atoms. The maximum Gasteiger partial charge on any atom is 0.250 e. The fourth-order valence-electron chi connectivity index (χ4n) is 1.27. The minimum atomic E-state index is -0.517. The molecule has 1 rings (SSSR count). The molecule has 0 aliphatic rings. The van der Waals surface area contributed by atoms with Gasteiger partial charge in [0.1, 0.15) is 17.4 Å². The van der Waals surface area contributed by atoms with E-state index in [1.54, 1.807) is 0 Å². The van der Waals surface area contributed by atoms with Crippen molar-refractivity contribution < 1.29 is 13.9 Å². The lowest BCUT2D eigenvalue weighted by atomic mass is 10.2. The van der Waals surface area contributed by atoms with E-state index in [0.29, 0.717) is 5.69 Å². The van der Waals surface area contributed by atoms with E-state index in [2.05, 4.69) is 5.32 Å². The predicted octanol–water partition coefficient (Wildman–Crippen LogP) is 2.21. The molecular formula is C13H17FN2O2S. The lowest BCUT2D eigenvalue weighted by Crippen LogP contribution is -2.27. The zero-order valence-electron chi connectivity index (χ0n) is 11.1. The molecule has 0 atom stereocenters. The van der Waals surface area contributed by atoms with E-state index in [1.807, 2.05) is 20.8 Å². The summed E-state index contributed by atoms with van der Waals surface area (Å²) in [5, 5.41) is 2.59. The Morgan fingerprint density at radius 3 is 2.63 bits per heavy atom. The second-order valence-electron chi connectivity index (χ2n) is 5.01. The Kier molecular flexibility index (Phi) is 4.97. The molecule has 3 N–H and O–H groups in total. The van der Waals surface area contributed by atoms with Gasteiger partial charge < -0.3 is 15.8 Å². The zero-order valence-corrected chi connectivity index (χ0v) is 11.9. The minimum Gasteiger partial charge on any atom is -0.389 e. The first-order chi connectivity index (χ1) is 8.69. The third kappa shape index (κ3) is 5.32. The van der Waals surface area contributed by atoms with Crippen LogP contribution in [0.1, 0.15) is 26.3 Å². The van der Waals surface area contributed by atoms with E-state index in [-0.39, 0.29) is 23.1 Å². The molecule has 104 valence electrons. The second-order valence-corrected chi connectivity index (χ2v) is 5.45. The Morgan fingerprint density at radius 1 is 1.47 bits per heavy atom. The molecule has 0 radical (unpaired) electrons. The quantitative estimate of drug-likeness (QED) is 0.832. The number of rotatable bonds is 4. The summed E-state index contributed by atoms with van der Waals surface area (Å²) in [4.78, 5) is 11.6. The van der Waals surface area contributed by atoms with Gasteiger partial charge in [-0.15, -0.1) is 0 Å². The second kappa shape index (κ2) is 6.08. The fraction of sp³-hybridized carbons (Fsp3) is 0.385. The molecule has 6 heteroatoms. The van der Waals surface area contributed by atoms with Gasteiger partial charge in [0, 0.05) is 11.3 Å². The van der Waals surface area contributed by atoms with Gasteiger partial charge in [0.15, 0.2) is 0 Å². The smallest absolute Gasteiger partial charge is 0.250 e. The number of carbonyl (C=O) groups excluding carboxylic acids is 1. The summed E-state index contributed by atoms with van der Waals surface area (Å²) >= 11 is 4.72. The monoisotopic (exact) mass is 284 g/mol. The number of halogens is 1. The molecule has 0 fully saturated rings. The summed E-state index contributed by atoms with van der Waals surface area (Å²) in [6.07, 6.45) is 0. The van der Waals surface area contributed by atoms with Crippen molar-refractivity contribution in [2.75, 3.05) is 11.9 Å². The van der Waals surface area contributed by atoms with Crippen molar-refractivity contribution in [3.8, 4) is 0 Å². The highest BCUT2D eigenvalue weighted by Gasteiger charge is 2.13. The van der Waals surface area contributed by atoms with Crippen LogP contribution >= 0.6 is 12.2 Å². The van der Waals surface area contributed by atoms with E-state index in [0.717, 1.165) is 0 Å². The lowest BCUT2D eigenvalue weighted by Gasteiger charge is -2.19. The number of carbonyl (C=O) groups is 1. The Morgan fingerprint density at radius 2 is 2.11 bits per heavy atom. The van der Waals surface area contributed by atoms with E-state index < -0.39 is 11.4 Å². The summed E-state index contributed by atoms with van der Waals surface area (Å²) < 4.78 is 18.7. The van der Waals surface area contributed by atoms with Gasteiger partial charge in [0.2, 0.25) is 5.91 Å². The number of thiocarbonyl (C=S) groups is 1. The first-order valence-corrected chi connectivity index (χ1v) is 6.13. The van der Waals surface area contributed by atoms with E-state index >= 15 is 0 Å². The molecule has 4 nitrogen and oxygen atoms in total. The highest BCUT2D eigenvalue weighted by Crippen LogP contribution is 2.15. The highest BCUT2D eigenvalue weighted by molar-refractivity contribution is 7.80. The van der Waals surface area contributed by atoms with Gasteiger partial charge in [-0.25, -0.2) is 4.39 Å². The molecule has 0 heterocycles. The molecule has 0 unspecified atom stereocenters. The molecule has 0 aromatic heterocycles. The molecule has 1 aromatic carbocycles. The molecular weight excluding hydrogens is 267 g/mol. The van der Waals surface area contributed by atoms with Gasteiger partial charge in [-0.3, -0.25) is 4.79 Å². The Labute approximate surface area is 117 Å². The summed E-state index contributed by atoms with van der Waals surface area (Å²) in [5.74, 6) is -0.841. The van der Waals surface area contributed by atoms with Gasteiger partial charge in [0.05, 0.1) is 5.60 Å². The SMILES string of the molecule is CC(C)(C)OCC(=O)Nc1ccc(F)c(C(N)=S)c1. The van der Waals surface area contributed by atoms with Gasteiger partial charge in [-0.05, 0) is 39.0 Å². The van der Waals surface area contributed by atoms with Crippen LogP contribution in [-0.2, 0) is 9.53 Å². The first-order valence-electron chi connectivity index (χ1n) is 5.72. The number of benzene rings is 1. The van der Waals surface area contributed by atoms with Crippen molar-refractivity contribution in [2.45, 2.75) is 26.4 Å². The number of amides is 1. The molecule has 0 spiro atoms. The molecule has 0 saturated carbocycles. The molecule has 0 aliphatic heterocycles. The van der Waals surface area contributed by atoms with Crippen LogP contribution in [0.5, 0.6) is 0 Å². The van der Waals surface area contributed by atoms with E-state index in [1.165, 1.54) is 18.2 Å². The molecule has 0 aliphatic carbocycles. The van der Waals surface area contributed by atoms with Crippen molar-refractivity contribution >= 4 is 28.8 Å². The minimum absolute atomic E-state index is 0.0560. The van der Waals surface area contributed by atoms with Crippen LogP contribution in [0.2, 0.25) is 0 Å². The highest BCUT2D eigenvalue weighted by atomic mass is 32.1. The summed E-state index contributed by atoms with van der Waals surface area (Å²) in [6.45, 7) is 5.47. The standard InChI is InChI=1S/C13H17FN2O2S/c1-13(2,3)18-7-11(17)16-8-4-5-10(14)9(6-8)12(15)19/h4-6H,7H2,1-3H3,(H2,15,19)(H,16,17). The Bertz CT molecular complexity index is 498. The number of nitrogens with two attached hydrogens (primary N) is 1. The maximum atomic E-state index is 13.4. The Balaban J connectivity index is 2.70. The molecule has 1 aromatic rings. The third-order valence-electron chi connectivity index (χ3n) is 2.15. The first kappa shape index (κ1) is 15.5. The van der Waals surface area contributed by atoms with Gasteiger partial charge in [-0.2, -0.15) is 0 Å². The normalized spacial score (nSPS) is 11.2. The summed E-state index contributed by atoms with van der Waals surface area (Å²) in [6, 6.07) is 4.04. The molecule has 0 saturated heterocycles. The molecule has 1 amide bonds. The van der Waals surface area contributed by atoms with Crippen molar-refractivity contribution in [1.29, 1.82) is 0 Å². The van der Waals surface area contributed by atoms with Gasteiger partial charge in [-0.1, -0.05) is 12.2 Å². The number of anilines is 1. The summed E-state index contributed by atoms with van der Waals surface area (Å²) in [5.41, 5.74) is 5.51. The van der Waals surface area contributed by atoms with Crippen LogP contribution in [0.3, 0.4) is 0 Å². The number of hydrogen-bond donors (Lipinski definition) is 2. The van der Waals surface area contributed by atoms with Crippen LogP contribution in [0, 0.1) is 5.82 Å². The van der Waals surface area contributed by atoms with Crippen molar-refractivity contribution in [2.24, 2.45) is 5.73 Å². The predicted molar refractivity (Wildman–Crippen MR) is 76.6 cm³/mol. The molecule has 19 heavy (non-hydrogen) atoms. The van der Waals surface area contributed by atoms with E-state index in [4.69, 9.17) is 22.7 Å². The number of hydrogen-bond acceptors (Lipinski definition) is 3. The fourth-order valence-corrected chi connectivity index (χ4v) is 1.43. The lowest BCUT2D eigenvalue weighted by molar-refractivity contribution is -0.125. The van der Waals surface area contributed by atoms with Crippen LogP contribution in [-0.4, -0.2) is 23.1 Å². The van der Waals surface area contributed by atoms with Crippen LogP contribution < -0.4 is 11.1 Å². The topological polar surface area (TPSA) is 64.3 Å². The third-order valence-corrected chi connectivity index (χ3v) is 2.37. The number of nitrogens with one attached hydrogen (secondary N) is 1. The maximum absolute atomic E-state index is 13.4. The van der Waals surface area contributed by atoms with Gasteiger partial charge in [0.25, 0.3) is 0 Å². The Hall–Kier alpha value is -1.53. The van der Waals surface area contributed by atoms with Crippen molar-refractivity contribution in [3.05, 3.63) is 29.6 Å². The van der Waals surface area contributed by atoms with Crippen LogP contribution in [0.4, 0.5) is 10.1 Å². The van der Waals surface area contributed by atoms with E-state index in [9.17, 15) is 9.18 Å². The largest absolute Gasteiger partial charge is 0.389 e.